The molecule has 0 fully saturated rings. The average molecular weight is 207 g/mol. The molecule has 0 radical (unpaired) electrons. The lowest BCUT2D eigenvalue weighted by Crippen LogP contribution is -2.11. The van der Waals surface area contributed by atoms with Crippen LogP contribution in [0.15, 0.2) is 0 Å². The maximum atomic E-state index is 10.9. The van der Waals surface area contributed by atoms with Crippen molar-refractivity contribution >= 4 is 17.0 Å². The number of hydrogen-bond acceptors (Lipinski definition) is 4. The van der Waals surface area contributed by atoms with Crippen LogP contribution in [-0.4, -0.2) is 26.6 Å². The highest BCUT2D eigenvalue weighted by Crippen LogP contribution is 2.00. The van der Waals surface area contributed by atoms with E-state index in [1.54, 1.807) is 13.8 Å². The summed E-state index contributed by atoms with van der Waals surface area (Å²) < 4.78 is 25.1. The van der Waals surface area contributed by atoms with Gasteiger partial charge in [-0.15, -0.1) is 0 Å². The van der Waals surface area contributed by atoms with Crippen molar-refractivity contribution in [3.05, 3.63) is 0 Å². The molecular formula is C8H15O4S-. The minimum atomic E-state index is -1.99. The average Bonchev–Trinajstić information content (AvgIpc) is 1.96. The molecule has 0 saturated heterocycles. The summed E-state index contributed by atoms with van der Waals surface area (Å²) in [6, 6.07) is 0. The number of unbranched alkanes of at least 4 members (excludes halogenated alkanes) is 1. The van der Waals surface area contributed by atoms with Crippen LogP contribution in [0.5, 0.6) is 0 Å². The number of rotatable bonds is 6. The van der Waals surface area contributed by atoms with Crippen molar-refractivity contribution in [2.75, 3.05) is 5.75 Å². The van der Waals surface area contributed by atoms with E-state index in [1.807, 2.05) is 0 Å². The predicted molar refractivity (Wildman–Crippen MR) is 48.9 cm³/mol. The van der Waals surface area contributed by atoms with Crippen molar-refractivity contribution in [1.82, 2.24) is 0 Å². The molecule has 1 atom stereocenters. The first-order valence-electron chi connectivity index (χ1n) is 4.27. The molecule has 0 aliphatic heterocycles. The second kappa shape index (κ2) is 7.03. The predicted octanol–water partition coefficient (Wildman–Crippen LogP) is 0.987. The third kappa shape index (κ3) is 9.49. The summed E-state index contributed by atoms with van der Waals surface area (Å²) >= 11 is -1.99. The van der Waals surface area contributed by atoms with Gasteiger partial charge in [-0.25, -0.2) is 0 Å². The summed E-state index contributed by atoms with van der Waals surface area (Å²) in [6.07, 6.45) is 1.29. The zero-order chi connectivity index (χ0) is 10.3. The largest absolute Gasteiger partial charge is 0.772 e. The van der Waals surface area contributed by atoms with Gasteiger partial charge in [0.1, 0.15) is 0 Å². The van der Waals surface area contributed by atoms with E-state index in [4.69, 9.17) is 4.74 Å². The van der Waals surface area contributed by atoms with Gasteiger partial charge in [-0.3, -0.25) is 9.00 Å². The lowest BCUT2D eigenvalue weighted by atomic mass is 10.2. The van der Waals surface area contributed by atoms with Gasteiger partial charge in [0.2, 0.25) is 0 Å². The molecule has 0 N–H and O–H groups in total. The van der Waals surface area contributed by atoms with E-state index in [0.29, 0.717) is 19.3 Å². The summed E-state index contributed by atoms with van der Waals surface area (Å²) in [5.74, 6) is -0.138. The van der Waals surface area contributed by atoms with Gasteiger partial charge in [0.25, 0.3) is 0 Å². The molecular weight excluding hydrogens is 192 g/mol. The minimum absolute atomic E-state index is 0.0962. The molecule has 13 heavy (non-hydrogen) atoms. The van der Waals surface area contributed by atoms with Crippen LogP contribution in [0.25, 0.3) is 0 Å². The Morgan fingerprint density at radius 3 is 2.54 bits per heavy atom. The smallest absolute Gasteiger partial charge is 0.306 e. The summed E-state index contributed by atoms with van der Waals surface area (Å²) in [5, 5.41) is 0. The van der Waals surface area contributed by atoms with Crippen LogP contribution in [0.4, 0.5) is 0 Å². The first-order chi connectivity index (χ1) is 6.02. The van der Waals surface area contributed by atoms with E-state index < -0.39 is 11.1 Å². The van der Waals surface area contributed by atoms with Gasteiger partial charge in [-0.2, -0.15) is 0 Å². The van der Waals surface area contributed by atoms with Crippen molar-refractivity contribution in [2.45, 2.75) is 39.2 Å². The van der Waals surface area contributed by atoms with E-state index >= 15 is 0 Å². The molecule has 78 valence electrons. The highest BCUT2D eigenvalue weighted by atomic mass is 32.2. The maximum Gasteiger partial charge on any atom is 0.306 e. The summed E-state index contributed by atoms with van der Waals surface area (Å²) in [5.41, 5.74) is 0. The second-order valence-corrected chi connectivity index (χ2v) is 4.02. The van der Waals surface area contributed by atoms with Crippen LogP contribution in [-0.2, 0) is 20.6 Å². The lowest BCUT2D eigenvalue weighted by Gasteiger charge is -2.07. The minimum Gasteiger partial charge on any atom is -0.772 e. The van der Waals surface area contributed by atoms with Gasteiger partial charge in [0, 0.05) is 12.2 Å². The molecule has 5 heteroatoms. The summed E-state index contributed by atoms with van der Waals surface area (Å²) in [6.45, 7) is 3.56. The Morgan fingerprint density at radius 1 is 1.46 bits per heavy atom. The monoisotopic (exact) mass is 207 g/mol. The first-order valence-corrected chi connectivity index (χ1v) is 5.52. The third-order valence-electron chi connectivity index (χ3n) is 1.31. The fourth-order valence-corrected chi connectivity index (χ4v) is 1.25. The quantitative estimate of drug-likeness (QED) is 0.370. The van der Waals surface area contributed by atoms with E-state index in [1.165, 1.54) is 0 Å². The van der Waals surface area contributed by atoms with Crippen molar-refractivity contribution in [2.24, 2.45) is 0 Å². The Hall–Kier alpha value is -0.420. The molecule has 0 aliphatic rings. The summed E-state index contributed by atoms with van der Waals surface area (Å²) in [7, 11) is 0. The standard InChI is InChI=1S/C8H16O4S/c1-7(2)12-8(9)5-3-4-6-13(10)11/h7H,3-6H2,1-2H3,(H,10,11)/p-1. The number of carbonyl (C=O) groups excluding carboxylic acids is 1. The number of esters is 1. The zero-order valence-corrected chi connectivity index (χ0v) is 8.76. The topological polar surface area (TPSA) is 66.4 Å². The Morgan fingerprint density at radius 2 is 2.08 bits per heavy atom. The van der Waals surface area contributed by atoms with Gasteiger partial charge < -0.3 is 9.29 Å². The Balaban J connectivity index is 3.32. The molecule has 0 heterocycles. The van der Waals surface area contributed by atoms with Gasteiger partial charge in [-0.05, 0) is 26.7 Å². The molecule has 0 aromatic carbocycles. The van der Waals surface area contributed by atoms with Crippen LogP contribution in [0, 0.1) is 0 Å². The zero-order valence-electron chi connectivity index (χ0n) is 7.95. The van der Waals surface area contributed by atoms with E-state index in [9.17, 15) is 13.6 Å². The van der Waals surface area contributed by atoms with E-state index in [2.05, 4.69) is 0 Å². The van der Waals surface area contributed by atoms with Gasteiger partial charge in [-0.1, -0.05) is 11.1 Å². The van der Waals surface area contributed by atoms with Gasteiger partial charge in [0.15, 0.2) is 0 Å². The number of carbonyl (C=O) groups is 1. The molecule has 0 spiro atoms. The second-order valence-electron chi connectivity index (χ2n) is 3.00. The molecule has 0 saturated carbocycles. The first kappa shape index (κ1) is 12.6. The van der Waals surface area contributed by atoms with Crippen LogP contribution < -0.4 is 0 Å². The van der Waals surface area contributed by atoms with Crippen molar-refractivity contribution in [1.29, 1.82) is 0 Å². The Kier molecular flexibility index (Phi) is 6.80. The van der Waals surface area contributed by atoms with Crippen LogP contribution in [0.3, 0.4) is 0 Å². The number of ether oxygens (including phenoxy) is 1. The van der Waals surface area contributed by atoms with Gasteiger partial charge in [0.05, 0.1) is 6.10 Å². The Bertz CT molecular complexity index is 179. The fraction of sp³-hybridized carbons (Fsp3) is 0.875. The molecule has 0 aromatic heterocycles. The third-order valence-corrected chi connectivity index (χ3v) is 1.93. The van der Waals surface area contributed by atoms with E-state index in [0.717, 1.165) is 0 Å². The van der Waals surface area contributed by atoms with Crippen molar-refractivity contribution in [3.63, 3.8) is 0 Å². The van der Waals surface area contributed by atoms with Crippen LogP contribution >= 0.6 is 0 Å². The molecule has 0 aliphatic carbocycles. The molecule has 0 aromatic rings. The molecule has 0 rings (SSSR count). The number of hydrogen-bond donors (Lipinski definition) is 0. The maximum absolute atomic E-state index is 10.9. The summed E-state index contributed by atoms with van der Waals surface area (Å²) in [4.78, 5) is 10.9. The molecule has 4 nitrogen and oxygen atoms in total. The fourth-order valence-electron chi connectivity index (χ4n) is 0.811. The van der Waals surface area contributed by atoms with Crippen molar-refractivity contribution in [3.8, 4) is 0 Å². The highest BCUT2D eigenvalue weighted by molar-refractivity contribution is 7.79. The molecule has 0 amide bonds. The normalized spacial score (nSPS) is 12.9. The Labute approximate surface area is 80.9 Å². The lowest BCUT2D eigenvalue weighted by molar-refractivity contribution is -0.147. The van der Waals surface area contributed by atoms with E-state index in [-0.39, 0.29) is 17.8 Å². The van der Waals surface area contributed by atoms with Crippen LogP contribution in [0.2, 0.25) is 0 Å². The van der Waals surface area contributed by atoms with Gasteiger partial charge >= 0.3 is 5.97 Å². The molecule has 1 unspecified atom stereocenters. The SMILES string of the molecule is CC(C)OC(=O)CCCCS(=O)[O-]. The van der Waals surface area contributed by atoms with Crippen molar-refractivity contribution < 1.29 is 18.3 Å². The highest BCUT2D eigenvalue weighted by Gasteiger charge is 2.04. The van der Waals surface area contributed by atoms with Crippen LogP contribution in [0.1, 0.15) is 33.1 Å². The molecule has 0 bridgehead atoms.